The fourth-order valence-electron chi connectivity index (χ4n) is 1.04. The molecule has 0 fully saturated rings. The number of carbonyl (C=O) groups is 1. The van der Waals surface area contributed by atoms with Crippen molar-refractivity contribution in [2.24, 2.45) is 0 Å². The molecule has 0 aliphatic heterocycles. The van der Waals surface area contributed by atoms with Crippen LogP contribution in [0.2, 0.25) is 0 Å². The Kier molecular flexibility index (Phi) is 4.04. The second-order valence-electron chi connectivity index (χ2n) is 2.79. The number of pyridine rings is 1. The van der Waals surface area contributed by atoms with Crippen LogP contribution in [0.25, 0.3) is 6.08 Å². The molecular weight excluding hydrogens is 208 g/mol. The predicted octanol–water partition coefficient (Wildman–Crippen LogP) is 1.17. The fourth-order valence-corrected chi connectivity index (χ4v) is 1.04. The first-order valence-electron chi connectivity index (χ1n) is 4.41. The summed E-state index contributed by atoms with van der Waals surface area (Å²) >= 11 is 0. The van der Waals surface area contributed by atoms with Crippen molar-refractivity contribution < 1.29 is 14.3 Å². The third-order valence-corrected chi connectivity index (χ3v) is 1.80. The van der Waals surface area contributed by atoms with Crippen molar-refractivity contribution >= 4 is 12.0 Å². The van der Waals surface area contributed by atoms with Crippen molar-refractivity contribution in [2.75, 3.05) is 14.2 Å². The number of rotatable bonds is 3. The van der Waals surface area contributed by atoms with Crippen molar-refractivity contribution in [1.82, 2.24) is 4.98 Å². The zero-order valence-corrected chi connectivity index (χ0v) is 8.93. The first-order valence-corrected chi connectivity index (χ1v) is 4.41. The van der Waals surface area contributed by atoms with Gasteiger partial charge in [-0.05, 0) is 17.7 Å². The van der Waals surface area contributed by atoms with Crippen LogP contribution in [-0.2, 0) is 9.53 Å². The van der Waals surface area contributed by atoms with Gasteiger partial charge >= 0.3 is 5.97 Å². The SMILES string of the molecule is COC(=O)C(C#N)=Cc1ccnc(OC)c1. The minimum atomic E-state index is -0.668. The molecule has 1 aromatic rings. The van der Waals surface area contributed by atoms with Crippen LogP contribution in [-0.4, -0.2) is 25.2 Å². The Labute approximate surface area is 92.9 Å². The molecule has 1 heterocycles. The average Bonchev–Trinajstić information content (AvgIpc) is 2.35. The van der Waals surface area contributed by atoms with Crippen molar-refractivity contribution in [3.63, 3.8) is 0 Å². The Morgan fingerprint density at radius 1 is 1.56 bits per heavy atom. The molecule has 82 valence electrons. The number of esters is 1. The lowest BCUT2D eigenvalue weighted by Crippen LogP contribution is -2.02. The summed E-state index contributed by atoms with van der Waals surface area (Å²) in [5.41, 5.74) is 0.574. The van der Waals surface area contributed by atoms with Crippen LogP contribution in [0.1, 0.15) is 5.56 Å². The summed E-state index contributed by atoms with van der Waals surface area (Å²) in [5, 5.41) is 8.75. The molecule has 0 aliphatic rings. The van der Waals surface area contributed by atoms with E-state index in [-0.39, 0.29) is 5.57 Å². The number of nitrogens with zero attached hydrogens (tertiary/aromatic N) is 2. The number of nitriles is 1. The molecule has 0 atom stereocenters. The van der Waals surface area contributed by atoms with Crippen molar-refractivity contribution in [3.8, 4) is 11.9 Å². The van der Waals surface area contributed by atoms with Gasteiger partial charge in [0, 0.05) is 12.3 Å². The van der Waals surface area contributed by atoms with Gasteiger partial charge in [-0.15, -0.1) is 0 Å². The van der Waals surface area contributed by atoms with Gasteiger partial charge in [-0.3, -0.25) is 0 Å². The molecule has 0 bridgehead atoms. The van der Waals surface area contributed by atoms with E-state index < -0.39 is 5.97 Å². The number of aromatic nitrogens is 1. The smallest absolute Gasteiger partial charge is 0.348 e. The van der Waals surface area contributed by atoms with Crippen molar-refractivity contribution in [1.29, 1.82) is 5.26 Å². The van der Waals surface area contributed by atoms with E-state index in [0.29, 0.717) is 11.4 Å². The summed E-state index contributed by atoms with van der Waals surface area (Å²) in [6, 6.07) is 5.03. The topological polar surface area (TPSA) is 72.2 Å². The number of hydrogen-bond donors (Lipinski definition) is 0. The van der Waals surface area contributed by atoms with Crippen LogP contribution in [0.15, 0.2) is 23.9 Å². The number of carbonyl (C=O) groups excluding carboxylic acids is 1. The lowest BCUT2D eigenvalue weighted by atomic mass is 10.2. The van der Waals surface area contributed by atoms with E-state index in [9.17, 15) is 4.79 Å². The molecule has 0 saturated heterocycles. The molecule has 16 heavy (non-hydrogen) atoms. The maximum atomic E-state index is 11.1. The van der Waals surface area contributed by atoms with Gasteiger partial charge in [-0.1, -0.05) is 0 Å². The first kappa shape index (κ1) is 11.7. The van der Waals surface area contributed by atoms with E-state index in [2.05, 4.69) is 9.72 Å². The second-order valence-corrected chi connectivity index (χ2v) is 2.79. The Balaban J connectivity index is 3.05. The summed E-state index contributed by atoms with van der Waals surface area (Å²) in [5.74, 6) is -0.255. The molecule has 5 heteroatoms. The fraction of sp³-hybridized carbons (Fsp3) is 0.182. The predicted molar refractivity (Wildman–Crippen MR) is 56.4 cm³/mol. The average molecular weight is 218 g/mol. The maximum Gasteiger partial charge on any atom is 0.348 e. The molecule has 0 spiro atoms. The van der Waals surface area contributed by atoms with E-state index in [1.165, 1.54) is 26.5 Å². The van der Waals surface area contributed by atoms with E-state index in [1.54, 1.807) is 18.2 Å². The van der Waals surface area contributed by atoms with Crippen molar-refractivity contribution in [2.45, 2.75) is 0 Å². The minimum absolute atomic E-state index is 0.0734. The van der Waals surface area contributed by atoms with Gasteiger partial charge < -0.3 is 9.47 Å². The summed E-state index contributed by atoms with van der Waals surface area (Å²) in [6.07, 6.45) is 2.94. The highest BCUT2D eigenvalue weighted by Gasteiger charge is 2.08. The second kappa shape index (κ2) is 5.51. The molecule has 0 aromatic carbocycles. The van der Waals surface area contributed by atoms with E-state index >= 15 is 0 Å². The maximum absolute atomic E-state index is 11.1. The van der Waals surface area contributed by atoms with Gasteiger partial charge in [0.05, 0.1) is 14.2 Å². The van der Waals surface area contributed by atoms with Gasteiger partial charge in [0.1, 0.15) is 11.6 Å². The van der Waals surface area contributed by atoms with Gasteiger partial charge in [-0.25, -0.2) is 9.78 Å². The Bertz CT molecular complexity index is 461. The molecule has 5 nitrogen and oxygen atoms in total. The van der Waals surface area contributed by atoms with E-state index in [0.717, 1.165) is 0 Å². The lowest BCUT2D eigenvalue weighted by Gasteiger charge is -2.00. The monoisotopic (exact) mass is 218 g/mol. The van der Waals surface area contributed by atoms with Gasteiger partial charge in [0.25, 0.3) is 0 Å². The molecule has 0 aliphatic carbocycles. The molecule has 0 saturated carbocycles. The molecule has 0 radical (unpaired) electrons. The van der Waals surface area contributed by atoms with Gasteiger partial charge in [-0.2, -0.15) is 5.26 Å². The number of hydrogen-bond acceptors (Lipinski definition) is 5. The Hall–Kier alpha value is -2.35. The minimum Gasteiger partial charge on any atom is -0.481 e. The quantitative estimate of drug-likeness (QED) is 0.432. The van der Waals surface area contributed by atoms with Crippen molar-refractivity contribution in [3.05, 3.63) is 29.5 Å². The molecule has 0 amide bonds. The third kappa shape index (κ3) is 2.82. The van der Waals surface area contributed by atoms with Crippen LogP contribution in [0.5, 0.6) is 5.88 Å². The number of ether oxygens (including phenoxy) is 2. The summed E-state index contributed by atoms with van der Waals surface area (Å²) in [7, 11) is 2.71. The highest BCUT2D eigenvalue weighted by Crippen LogP contribution is 2.12. The third-order valence-electron chi connectivity index (χ3n) is 1.80. The molecule has 0 unspecified atom stereocenters. The highest BCUT2D eigenvalue weighted by atomic mass is 16.5. The summed E-state index contributed by atoms with van der Waals surface area (Å²) < 4.78 is 9.37. The van der Waals surface area contributed by atoms with Crippen LogP contribution < -0.4 is 4.74 Å². The zero-order chi connectivity index (χ0) is 12.0. The molecule has 1 aromatic heterocycles. The van der Waals surface area contributed by atoms with Crippen LogP contribution in [0.4, 0.5) is 0 Å². The summed E-state index contributed by atoms with van der Waals surface area (Å²) in [6.45, 7) is 0. The highest BCUT2D eigenvalue weighted by molar-refractivity contribution is 5.97. The summed E-state index contributed by atoms with van der Waals surface area (Å²) in [4.78, 5) is 15.0. The van der Waals surface area contributed by atoms with Crippen LogP contribution in [0, 0.1) is 11.3 Å². The molecule has 1 rings (SSSR count). The normalized spacial score (nSPS) is 10.4. The van der Waals surface area contributed by atoms with Crippen LogP contribution in [0.3, 0.4) is 0 Å². The number of methoxy groups -OCH3 is 2. The molecule has 0 N–H and O–H groups in total. The Morgan fingerprint density at radius 3 is 2.88 bits per heavy atom. The first-order chi connectivity index (χ1) is 7.71. The van der Waals surface area contributed by atoms with E-state index in [4.69, 9.17) is 10.00 Å². The zero-order valence-electron chi connectivity index (χ0n) is 8.93. The lowest BCUT2D eigenvalue weighted by molar-refractivity contribution is -0.135. The standard InChI is InChI=1S/C11H10N2O3/c1-15-10-6-8(3-4-13-10)5-9(7-12)11(14)16-2/h3-6H,1-2H3. The van der Waals surface area contributed by atoms with Gasteiger partial charge in [0.15, 0.2) is 0 Å². The van der Waals surface area contributed by atoms with Crippen LogP contribution >= 0.6 is 0 Å². The largest absolute Gasteiger partial charge is 0.481 e. The van der Waals surface area contributed by atoms with E-state index in [1.807, 2.05) is 0 Å². The van der Waals surface area contributed by atoms with Gasteiger partial charge in [0.2, 0.25) is 5.88 Å². The molecular formula is C11H10N2O3. The Morgan fingerprint density at radius 2 is 2.31 bits per heavy atom.